The van der Waals surface area contributed by atoms with E-state index in [9.17, 15) is 9.90 Å². The molecule has 2 rings (SSSR count). The highest BCUT2D eigenvalue weighted by atomic mass is 16.7. The first-order chi connectivity index (χ1) is 12.7. The van der Waals surface area contributed by atoms with Gasteiger partial charge in [-0.05, 0) is 11.6 Å². The van der Waals surface area contributed by atoms with Crippen LogP contribution >= 0.6 is 0 Å². The molecule has 2 aromatic rings. The lowest BCUT2D eigenvalue weighted by atomic mass is 10.1. The fourth-order valence-electron chi connectivity index (χ4n) is 2.18. The van der Waals surface area contributed by atoms with Crippen molar-refractivity contribution >= 4 is 11.9 Å². The van der Waals surface area contributed by atoms with Crippen LogP contribution in [-0.2, 0) is 9.47 Å². The van der Waals surface area contributed by atoms with Crippen LogP contribution in [0.1, 0.15) is 15.9 Å². The molecule has 0 aliphatic rings. The van der Waals surface area contributed by atoms with Gasteiger partial charge < -0.3 is 24.1 Å². The van der Waals surface area contributed by atoms with Gasteiger partial charge in [-0.15, -0.1) is 0 Å². The van der Waals surface area contributed by atoms with Crippen molar-refractivity contribution in [3.63, 3.8) is 0 Å². The molecule has 0 aliphatic heterocycles. The number of ketones is 1. The number of carbonyl (C=O) groups excluding carboxylic acids is 1. The predicted octanol–water partition coefficient (Wildman–Crippen LogP) is 3.30. The first-order valence-corrected chi connectivity index (χ1v) is 8.03. The lowest BCUT2D eigenvalue weighted by Crippen LogP contribution is -2.10. The van der Waals surface area contributed by atoms with Crippen molar-refractivity contribution < 1.29 is 28.8 Å². The van der Waals surface area contributed by atoms with Crippen LogP contribution in [0, 0.1) is 0 Å². The maximum Gasteiger partial charge on any atom is 0.193 e. The average molecular weight is 358 g/mol. The van der Waals surface area contributed by atoms with Crippen molar-refractivity contribution in [3.05, 3.63) is 59.7 Å². The van der Waals surface area contributed by atoms with Gasteiger partial charge in [0.05, 0.1) is 20.3 Å². The highest BCUT2D eigenvalue weighted by Crippen LogP contribution is 2.34. The zero-order valence-corrected chi connectivity index (χ0v) is 14.8. The molecule has 0 aliphatic carbocycles. The summed E-state index contributed by atoms with van der Waals surface area (Å²) >= 11 is 0. The maximum absolute atomic E-state index is 12.6. The Bertz CT molecular complexity index is 739. The number of aromatic hydroxyl groups is 1. The summed E-state index contributed by atoms with van der Waals surface area (Å²) in [7, 11) is 3.03. The molecule has 0 heterocycles. The van der Waals surface area contributed by atoms with Crippen molar-refractivity contribution in [1.29, 1.82) is 0 Å². The SMILES string of the molecule is COCCOCOc1cc(OC)cc(O)c1C(=O)/C=C/c1ccccc1. The lowest BCUT2D eigenvalue weighted by Gasteiger charge is -2.13. The van der Waals surface area contributed by atoms with E-state index < -0.39 is 0 Å². The number of phenols is 1. The van der Waals surface area contributed by atoms with Gasteiger partial charge in [-0.1, -0.05) is 36.4 Å². The Morgan fingerprint density at radius 2 is 1.88 bits per heavy atom. The largest absolute Gasteiger partial charge is 0.507 e. The monoisotopic (exact) mass is 358 g/mol. The number of rotatable bonds is 10. The molecule has 0 amide bonds. The van der Waals surface area contributed by atoms with Crippen molar-refractivity contribution in [2.45, 2.75) is 0 Å². The molecule has 26 heavy (non-hydrogen) atoms. The number of methoxy groups -OCH3 is 2. The molecule has 138 valence electrons. The van der Waals surface area contributed by atoms with E-state index in [1.54, 1.807) is 13.2 Å². The topological polar surface area (TPSA) is 74.2 Å². The first kappa shape index (κ1) is 19.5. The van der Waals surface area contributed by atoms with Crippen LogP contribution in [0.4, 0.5) is 0 Å². The van der Waals surface area contributed by atoms with Crippen LogP contribution < -0.4 is 9.47 Å². The Morgan fingerprint density at radius 1 is 1.12 bits per heavy atom. The van der Waals surface area contributed by atoms with E-state index in [4.69, 9.17) is 18.9 Å². The molecule has 6 heteroatoms. The molecule has 0 unspecified atom stereocenters. The molecule has 0 saturated carbocycles. The summed E-state index contributed by atoms with van der Waals surface area (Å²) in [5.74, 6) is -0.0557. The summed E-state index contributed by atoms with van der Waals surface area (Å²) in [5, 5.41) is 10.2. The maximum atomic E-state index is 12.6. The summed E-state index contributed by atoms with van der Waals surface area (Å²) in [5.41, 5.74) is 0.924. The van der Waals surface area contributed by atoms with Gasteiger partial charge in [0.15, 0.2) is 12.6 Å². The van der Waals surface area contributed by atoms with Crippen LogP contribution in [-0.4, -0.2) is 45.1 Å². The van der Waals surface area contributed by atoms with Crippen molar-refractivity contribution in [2.24, 2.45) is 0 Å². The summed E-state index contributed by atoms with van der Waals surface area (Å²) in [4.78, 5) is 12.6. The number of carbonyl (C=O) groups is 1. The van der Waals surface area contributed by atoms with E-state index in [0.717, 1.165) is 5.56 Å². The zero-order chi connectivity index (χ0) is 18.8. The summed E-state index contributed by atoms with van der Waals surface area (Å²) in [6.45, 7) is 0.695. The Labute approximate surface area is 152 Å². The highest BCUT2D eigenvalue weighted by molar-refractivity contribution is 6.10. The number of benzene rings is 2. The number of hydrogen-bond acceptors (Lipinski definition) is 6. The Hall–Kier alpha value is -2.83. The Morgan fingerprint density at radius 3 is 2.58 bits per heavy atom. The van der Waals surface area contributed by atoms with E-state index >= 15 is 0 Å². The quantitative estimate of drug-likeness (QED) is 0.304. The molecule has 0 saturated heterocycles. The number of allylic oxidation sites excluding steroid dienone is 1. The van der Waals surface area contributed by atoms with E-state index in [2.05, 4.69) is 0 Å². The van der Waals surface area contributed by atoms with Gasteiger partial charge in [0.25, 0.3) is 0 Å². The number of ether oxygens (including phenoxy) is 4. The lowest BCUT2D eigenvalue weighted by molar-refractivity contribution is -0.00885. The second kappa shape index (κ2) is 10.2. The second-order valence-electron chi connectivity index (χ2n) is 5.29. The molecule has 0 fully saturated rings. The van der Waals surface area contributed by atoms with E-state index in [1.165, 1.54) is 25.3 Å². The van der Waals surface area contributed by atoms with Crippen LogP contribution in [0.5, 0.6) is 17.2 Å². The Balaban J connectivity index is 2.19. The molecule has 6 nitrogen and oxygen atoms in total. The molecule has 0 atom stereocenters. The summed E-state index contributed by atoms with van der Waals surface area (Å²) in [6.07, 6.45) is 3.06. The van der Waals surface area contributed by atoms with Crippen LogP contribution in [0.2, 0.25) is 0 Å². The molecule has 2 aromatic carbocycles. The van der Waals surface area contributed by atoms with Crippen LogP contribution in [0.25, 0.3) is 6.08 Å². The van der Waals surface area contributed by atoms with E-state index in [-0.39, 0.29) is 29.6 Å². The fraction of sp³-hybridized carbons (Fsp3) is 0.250. The minimum Gasteiger partial charge on any atom is -0.507 e. The molecule has 0 aromatic heterocycles. The third-order valence-corrected chi connectivity index (χ3v) is 3.49. The van der Waals surface area contributed by atoms with Gasteiger partial charge in [0.2, 0.25) is 0 Å². The molecule has 0 spiro atoms. The van der Waals surface area contributed by atoms with Gasteiger partial charge in [0, 0.05) is 19.2 Å². The van der Waals surface area contributed by atoms with Gasteiger partial charge in [-0.2, -0.15) is 0 Å². The van der Waals surface area contributed by atoms with Gasteiger partial charge in [0.1, 0.15) is 22.8 Å². The molecule has 0 radical (unpaired) electrons. The van der Waals surface area contributed by atoms with Gasteiger partial charge in [-0.25, -0.2) is 0 Å². The van der Waals surface area contributed by atoms with Crippen LogP contribution in [0.15, 0.2) is 48.5 Å². The third kappa shape index (κ3) is 5.61. The van der Waals surface area contributed by atoms with Crippen molar-refractivity contribution in [1.82, 2.24) is 0 Å². The number of hydrogen-bond donors (Lipinski definition) is 1. The van der Waals surface area contributed by atoms with Crippen molar-refractivity contribution in [2.75, 3.05) is 34.2 Å². The second-order valence-corrected chi connectivity index (χ2v) is 5.29. The predicted molar refractivity (Wildman–Crippen MR) is 97.8 cm³/mol. The molecular formula is C20H22O6. The number of phenolic OH excluding ortho intramolecular Hbond substituents is 1. The Kier molecular flexibility index (Phi) is 7.67. The minimum atomic E-state index is -0.388. The standard InChI is InChI=1S/C20H22O6/c1-23-10-11-25-14-26-19-13-16(24-2)12-18(22)20(19)17(21)9-8-15-6-4-3-5-7-15/h3-9,12-13,22H,10-11,14H2,1-2H3/b9-8+. The van der Waals surface area contributed by atoms with E-state index in [0.29, 0.717) is 19.0 Å². The van der Waals surface area contributed by atoms with Crippen LogP contribution in [0.3, 0.4) is 0 Å². The fourth-order valence-corrected chi connectivity index (χ4v) is 2.18. The summed E-state index contributed by atoms with van der Waals surface area (Å²) in [6, 6.07) is 12.3. The highest BCUT2D eigenvalue weighted by Gasteiger charge is 2.18. The van der Waals surface area contributed by atoms with Gasteiger partial charge >= 0.3 is 0 Å². The minimum absolute atomic E-state index is 0.0494. The molecule has 0 bridgehead atoms. The van der Waals surface area contributed by atoms with Crippen molar-refractivity contribution in [3.8, 4) is 17.2 Å². The smallest absolute Gasteiger partial charge is 0.193 e. The third-order valence-electron chi connectivity index (χ3n) is 3.49. The molecular weight excluding hydrogens is 336 g/mol. The zero-order valence-electron chi connectivity index (χ0n) is 14.8. The summed E-state index contributed by atoms with van der Waals surface area (Å²) < 4.78 is 20.8. The first-order valence-electron chi connectivity index (χ1n) is 8.03. The normalized spacial score (nSPS) is 10.8. The van der Waals surface area contributed by atoms with Gasteiger partial charge in [-0.3, -0.25) is 4.79 Å². The molecule has 1 N–H and O–H groups in total. The average Bonchev–Trinajstić information content (AvgIpc) is 2.66. The van der Waals surface area contributed by atoms with E-state index in [1.807, 2.05) is 30.3 Å².